The number of nitrogens with zero attached hydrogens (tertiary/aromatic N) is 2. The van der Waals surface area contributed by atoms with Crippen LogP contribution >= 0.6 is 0 Å². The Morgan fingerprint density at radius 3 is 3.23 bits per heavy atom. The van der Waals surface area contributed by atoms with Crippen LogP contribution in [0.5, 0.6) is 0 Å². The number of ether oxygens (including phenoxy) is 1. The first-order valence-electron chi connectivity index (χ1n) is 4.62. The molecule has 0 amide bonds. The van der Waals surface area contributed by atoms with Crippen molar-refractivity contribution >= 4 is 0 Å². The summed E-state index contributed by atoms with van der Waals surface area (Å²) < 4.78 is 7.31. The Labute approximate surface area is 77.1 Å². The highest BCUT2D eigenvalue weighted by molar-refractivity contribution is 5.01. The van der Waals surface area contributed by atoms with E-state index in [-0.39, 0.29) is 6.61 Å². The predicted molar refractivity (Wildman–Crippen MR) is 47.1 cm³/mol. The molecule has 2 rings (SSSR count). The average Bonchev–Trinajstić information content (AvgIpc) is 2.76. The molecule has 72 valence electrons. The van der Waals surface area contributed by atoms with Gasteiger partial charge in [-0.25, -0.2) is 0 Å². The second-order valence-electron chi connectivity index (χ2n) is 3.36. The molecule has 1 atom stereocenters. The van der Waals surface area contributed by atoms with E-state index in [0.29, 0.717) is 6.10 Å². The largest absolute Gasteiger partial charge is 0.392 e. The average molecular weight is 182 g/mol. The smallest absolute Gasteiger partial charge is 0.0771 e. The summed E-state index contributed by atoms with van der Waals surface area (Å²) in [4.78, 5) is 0. The lowest BCUT2D eigenvalue weighted by molar-refractivity contribution is 0.0939. The van der Waals surface area contributed by atoms with E-state index in [9.17, 15) is 0 Å². The fourth-order valence-corrected chi connectivity index (χ4v) is 1.58. The van der Waals surface area contributed by atoms with Gasteiger partial charge < -0.3 is 9.84 Å². The Morgan fingerprint density at radius 1 is 1.69 bits per heavy atom. The summed E-state index contributed by atoms with van der Waals surface area (Å²) >= 11 is 0. The lowest BCUT2D eigenvalue weighted by atomic mass is 10.2. The van der Waals surface area contributed by atoms with Gasteiger partial charge in [-0.05, 0) is 12.8 Å². The first-order chi connectivity index (χ1) is 6.38. The summed E-state index contributed by atoms with van der Waals surface area (Å²) in [6, 6.07) is 0. The van der Waals surface area contributed by atoms with E-state index in [1.165, 1.54) is 0 Å². The van der Waals surface area contributed by atoms with Gasteiger partial charge in [-0.1, -0.05) is 0 Å². The first kappa shape index (κ1) is 8.72. The summed E-state index contributed by atoms with van der Waals surface area (Å²) in [5.41, 5.74) is 0.859. The Bertz CT molecular complexity index is 266. The summed E-state index contributed by atoms with van der Waals surface area (Å²) in [5.74, 6) is 0. The third kappa shape index (κ3) is 2.08. The van der Waals surface area contributed by atoms with Crippen molar-refractivity contribution in [3.05, 3.63) is 18.0 Å². The standard InChI is InChI=1S/C9H14N2O2/c12-7-8-4-10-11(5-8)6-9-2-1-3-13-9/h4-5,9,12H,1-3,6-7H2/t9-/m0/s1. The van der Waals surface area contributed by atoms with Crippen LogP contribution in [0.4, 0.5) is 0 Å². The van der Waals surface area contributed by atoms with Crippen LogP contribution in [-0.4, -0.2) is 27.6 Å². The van der Waals surface area contributed by atoms with Crippen molar-refractivity contribution in [2.24, 2.45) is 0 Å². The maximum Gasteiger partial charge on any atom is 0.0771 e. The first-order valence-corrected chi connectivity index (χ1v) is 4.62. The number of hydrogen-bond acceptors (Lipinski definition) is 3. The fraction of sp³-hybridized carbons (Fsp3) is 0.667. The fourth-order valence-electron chi connectivity index (χ4n) is 1.58. The maximum absolute atomic E-state index is 8.83. The highest BCUT2D eigenvalue weighted by Crippen LogP contribution is 2.13. The van der Waals surface area contributed by atoms with Gasteiger partial charge in [0.2, 0.25) is 0 Å². The molecule has 1 aliphatic heterocycles. The molecule has 1 aromatic heterocycles. The van der Waals surface area contributed by atoms with E-state index >= 15 is 0 Å². The van der Waals surface area contributed by atoms with Crippen molar-refractivity contribution in [1.82, 2.24) is 9.78 Å². The molecule has 0 spiro atoms. The van der Waals surface area contributed by atoms with Crippen molar-refractivity contribution in [3.8, 4) is 0 Å². The quantitative estimate of drug-likeness (QED) is 0.742. The molecule has 4 nitrogen and oxygen atoms in total. The lowest BCUT2D eigenvalue weighted by Crippen LogP contribution is -2.15. The lowest BCUT2D eigenvalue weighted by Gasteiger charge is -2.08. The number of hydrogen-bond donors (Lipinski definition) is 1. The molecule has 0 saturated carbocycles. The van der Waals surface area contributed by atoms with E-state index in [1.54, 1.807) is 6.20 Å². The van der Waals surface area contributed by atoms with Gasteiger partial charge in [-0.2, -0.15) is 5.10 Å². The molecule has 0 aliphatic carbocycles. The molecule has 0 bridgehead atoms. The molecule has 0 unspecified atom stereocenters. The van der Waals surface area contributed by atoms with Gasteiger partial charge in [0.1, 0.15) is 0 Å². The molecule has 1 N–H and O–H groups in total. The van der Waals surface area contributed by atoms with Crippen LogP contribution in [0.3, 0.4) is 0 Å². The van der Waals surface area contributed by atoms with E-state index in [0.717, 1.165) is 31.6 Å². The van der Waals surface area contributed by atoms with Gasteiger partial charge in [0.05, 0.1) is 25.5 Å². The molecule has 0 radical (unpaired) electrons. The highest BCUT2D eigenvalue weighted by Gasteiger charge is 2.15. The van der Waals surface area contributed by atoms with E-state index < -0.39 is 0 Å². The van der Waals surface area contributed by atoms with E-state index in [4.69, 9.17) is 9.84 Å². The molecule has 1 saturated heterocycles. The number of aromatic nitrogens is 2. The van der Waals surface area contributed by atoms with Crippen LogP contribution in [0.1, 0.15) is 18.4 Å². The van der Waals surface area contributed by atoms with Gasteiger partial charge >= 0.3 is 0 Å². The van der Waals surface area contributed by atoms with Crippen LogP contribution in [0, 0.1) is 0 Å². The maximum atomic E-state index is 8.83. The zero-order valence-corrected chi connectivity index (χ0v) is 7.52. The number of rotatable bonds is 3. The second kappa shape index (κ2) is 3.89. The molecule has 1 aromatic rings. The highest BCUT2D eigenvalue weighted by atomic mass is 16.5. The topological polar surface area (TPSA) is 47.3 Å². The summed E-state index contributed by atoms with van der Waals surface area (Å²) in [6.07, 6.45) is 6.13. The number of aliphatic hydroxyl groups is 1. The second-order valence-corrected chi connectivity index (χ2v) is 3.36. The molecule has 4 heteroatoms. The number of aliphatic hydroxyl groups excluding tert-OH is 1. The van der Waals surface area contributed by atoms with Crippen molar-refractivity contribution < 1.29 is 9.84 Å². The van der Waals surface area contributed by atoms with Crippen molar-refractivity contribution in [2.45, 2.75) is 32.1 Å². The normalized spacial score (nSPS) is 22.4. The van der Waals surface area contributed by atoms with Crippen LogP contribution < -0.4 is 0 Å². The molecule has 1 aliphatic rings. The van der Waals surface area contributed by atoms with Crippen LogP contribution in [0.15, 0.2) is 12.4 Å². The SMILES string of the molecule is OCc1cnn(C[C@@H]2CCCO2)c1. The summed E-state index contributed by atoms with van der Waals surface area (Å²) in [7, 11) is 0. The third-order valence-electron chi connectivity index (χ3n) is 2.28. The van der Waals surface area contributed by atoms with Crippen LogP contribution in [0.2, 0.25) is 0 Å². The molecule has 1 fully saturated rings. The Kier molecular flexibility index (Phi) is 2.61. The van der Waals surface area contributed by atoms with Crippen LogP contribution in [0.25, 0.3) is 0 Å². The minimum Gasteiger partial charge on any atom is -0.392 e. The van der Waals surface area contributed by atoms with E-state index in [2.05, 4.69) is 5.10 Å². The van der Waals surface area contributed by atoms with Gasteiger partial charge in [-0.3, -0.25) is 4.68 Å². The van der Waals surface area contributed by atoms with Gasteiger partial charge in [0.15, 0.2) is 0 Å². The van der Waals surface area contributed by atoms with Crippen LogP contribution in [-0.2, 0) is 17.9 Å². The Morgan fingerprint density at radius 2 is 2.62 bits per heavy atom. The zero-order chi connectivity index (χ0) is 9.10. The zero-order valence-electron chi connectivity index (χ0n) is 7.52. The molecule has 2 heterocycles. The summed E-state index contributed by atoms with van der Waals surface area (Å²) in [5, 5.41) is 13.0. The van der Waals surface area contributed by atoms with E-state index in [1.807, 2.05) is 10.9 Å². The minimum atomic E-state index is 0.0610. The van der Waals surface area contributed by atoms with Gasteiger partial charge in [-0.15, -0.1) is 0 Å². The molecule has 13 heavy (non-hydrogen) atoms. The van der Waals surface area contributed by atoms with Crippen molar-refractivity contribution in [3.63, 3.8) is 0 Å². The summed E-state index contributed by atoms with van der Waals surface area (Å²) in [6.45, 7) is 1.74. The van der Waals surface area contributed by atoms with Gasteiger partial charge in [0.25, 0.3) is 0 Å². The molecular formula is C9H14N2O2. The van der Waals surface area contributed by atoms with Crippen molar-refractivity contribution in [2.75, 3.05) is 6.61 Å². The Balaban J connectivity index is 1.92. The molecule has 0 aromatic carbocycles. The molecular weight excluding hydrogens is 168 g/mol. The monoisotopic (exact) mass is 182 g/mol. The minimum absolute atomic E-state index is 0.0610. The predicted octanol–water partition coefficient (Wildman–Crippen LogP) is 0.554. The third-order valence-corrected chi connectivity index (χ3v) is 2.28. The van der Waals surface area contributed by atoms with Gasteiger partial charge in [0, 0.05) is 18.4 Å². The van der Waals surface area contributed by atoms with Crippen molar-refractivity contribution in [1.29, 1.82) is 0 Å². The Hall–Kier alpha value is -0.870.